The summed E-state index contributed by atoms with van der Waals surface area (Å²) in [5, 5.41) is 0. The Kier molecular flexibility index (Phi) is 3.29. The van der Waals surface area contributed by atoms with Gasteiger partial charge in [0.2, 0.25) is 0 Å². The lowest BCUT2D eigenvalue weighted by molar-refractivity contribution is 0.0580. The average molecular weight is 222 g/mol. The summed E-state index contributed by atoms with van der Waals surface area (Å²) in [6, 6.07) is 3.76. The molecule has 0 aromatic carbocycles. The summed E-state index contributed by atoms with van der Waals surface area (Å²) in [7, 11) is 1.75. The monoisotopic (exact) mass is 222 g/mol. The Bertz CT molecular complexity index is 406. The molecule has 0 radical (unpaired) electrons. The van der Waals surface area contributed by atoms with Crippen LogP contribution in [0.3, 0.4) is 0 Å². The molecule has 1 heterocycles. The number of nitrogens with two attached hydrogens (primary N) is 1. The van der Waals surface area contributed by atoms with Crippen molar-refractivity contribution in [1.82, 2.24) is 4.57 Å². The van der Waals surface area contributed by atoms with E-state index >= 15 is 0 Å². The number of nitrogen functional groups attached to an aromatic ring is 1. The summed E-state index contributed by atoms with van der Waals surface area (Å²) in [5.74, 6) is 0. The highest BCUT2D eigenvalue weighted by molar-refractivity contribution is 5.33. The summed E-state index contributed by atoms with van der Waals surface area (Å²) in [6.07, 6.45) is 6.19. The third-order valence-corrected chi connectivity index (χ3v) is 3.37. The Hall–Kier alpha value is -1.29. The van der Waals surface area contributed by atoms with E-state index in [9.17, 15) is 4.79 Å². The van der Waals surface area contributed by atoms with Gasteiger partial charge in [-0.2, -0.15) is 0 Å². The van der Waals surface area contributed by atoms with Crippen molar-refractivity contribution in [2.45, 2.75) is 37.8 Å². The molecule has 2 N–H and O–H groups in total. The summed E-state index contributed by atoms with van der Waals surface area (Å²) >= 11 is 0. The summed E-state index contributed by atoms with van der Waals surface area (Å²) in [5.41, 5.74) is 5.89. The first-order chi connectivity index (χ1) is 7.72. The quantitative estimate of drug-likeness (QED) is 0.826. The second-order valence-corrected chi connectivity index (χ2v) is 4.34. The van der Waals surface area contributed by atoms with E-state index in [4.69, 9.17) is 10.5 Å². The van der Waals surface area contributed by atoms with Crippen molar-refractivity contribution in [2.24, 2.45) is 0 Å². The van der Waals surface area contributed by atoms with Crippen LogP contribution in [-0.2, 0) is 4.74 Å². The number of aromatic nitrogens is 1. The minimum Gasteiger partial charge on any atom is -0.394 e. The topological polar surface area (TPSA) is 57.2 Å². The summed E-state index contributed by atoms with van der Waals surface area (Å²) < 4.78 is 7.08. The van der Waals surface area contributed by atoms with Gasteiger partial charge < -0.3 is 15.0 Å². The number of hydrogen-bond acceptors (Lipinski definition) is 3. The summed E-state index contributed by atoms with van der Waals surface area (Å²) in [4.78, 5) is 11.8. The fourth-order valence-electron chi connectivity index (χ4n) is 2.37. The Labute approximate surface area is 95.0 Å². The maximum atomic E-state index is 11.8. The van der Waals surface area contributed by atoms with E-state index in [1.807, 2.05) is 12.3 Å². The zero-order chi connectivity index (χ0) is 11.5. The van der Waals surface area contributed by atoms with E-state index in [0.29, 0.717) is 11.8 Å². The predicted octanol–water partition coefficient (Wildman–Crippen LogP) is 1.56. The first kappa shape index (κ1) is 11.2. The Morgan fingerprint density at radius 1 is 1.38 bits per heavy atom. The molecule has 88 valence electrons. The van der Waals surface area contributed by atoms with Crippen LogP contribution in [0, 0.1) is 0 Å². The van der Waals surface area contributed by atoms with Crippen molar-refractivity contribution >= 4 is 5.69 Å². The molecule has 0 bridgehead atoms. The molecule has 0 spiro atoms. The van der Waals surface area contributed by atoms with Crippen LogP contribution in [0.5, 0.6) is 0 Å². The first-order valence-electron chi connectivity index (χ1n) is 5.72. The van der Waals surface area contributed by atoms with Crippen LogP contribution in [0.25, 0.3) is 0 Å². The average Bonchev–Trinajstić information content (AvgIpc) is 2.33. The van der Waals surface area contributed by atoms with Gasteiger partial charge in [0, 0.05) is 19.3 Å². The fraction of sp³-hybridized carbons (Fsp3) is 0.583. The van der Waals surface area contributed by atoms with E-state index in [2.05, 4.69) is 0 Å². The van der Waals surface area contributed by atoms with Crippen LogP contribution < -0.4 is 11.3 Å². The number of anilines is 1. The molecular formula is C12H18N2O2. The standard InChI is InChI=1S/C12H18N2O2/c1-16-10-6-4-9(5-7-10)14-8-2-3-11(13)12(14)15/h2-3,8-10H,4-7,13H2,1H3/t9-,10-. The molecule has 1 aliphatic carbocycles. The van der Waals surface area contributed by atoms with Gasteiger partial charge in [-0.25, -0.2) is 0 Å². The maximum absolute atomic E-state index is 11.8. The van der Waals surface area contributed by atoms with Crippen molar-refractivity contribution in [1.29, 1.82) is 0 Å². The Morgan fingerprint density at radius 2 is 2.06 bits per heavy atom. The second kappa shape index (κ2) is 4.70. The van der Waals surface area contributed by atoms with E-state index in [1.54, 1.807) is 17.7 Å². The largest absolute Gasteiger partial charge is 0.394 e. The van der Waals surface area contributed by atoms with Crippen LogP contribution >= 0.6 is 0 Å². The highest BCUT2D eigenvalue weighted by Crippen LogP contribution is 2.28. The number of methoxy groups -OCH3 is 1. The zero-order valence-electron chi connectivity index (χ0n) is 9.56. The molecule has 0 saturated heterocycles. The molecule has 0 aliphatic heterocycles. The van der Waals surface area contributed by atoms with E-state index in [0.717, 1.165) is 25.7 Å². The minimum absolute atomic E-state index is 0.0663. The second-order valence-electron chi connectivity index (χ2n) is 4.34. The van der Waals surface area contributed by atoms with Crippen LogP contribution in [0.15, 0.2) is 23.1 Å². The van der Waals surface area contributed by atoms with Gasteiger partial charge in [0.1, 0.15) is 0 Å². The van der Waals surface area contributed by atoms with Crippen LogP contribution in [0.1, 0.15) is 31.7 Å². The molecule has 1 aliphatic rings. The first-order valence-corrected chi connectivity index (χ1v) is 5.72. The lowest BCUT2D eigenvalue weighted by Gasteiger charge is -2.28. The molecule has 1 aromatic rings. The number of nitrogens with zero attached hydrogens (tertiary/aromatic N) is 1. The fourth-order valence-corrected chi connectivity index (χ4v) is 2.37. The van der Waals surface area contributed by atoms with Gasteiger partial charge in [-0.05, 0) is 37.8 Å². The van der Waals surface area contributed by atoms with Gasteiger partial charge in [-0.3, -0.25) is 4.79 Å². The lowest BCUT2D eigenvalue weighted by atomic mass is 9.92. The van der Waals surface area contributed by atoms with Crippen molar-refractivity contribution < 1.29 is 4.74 Å². The summed E-state index contributed by atoms with van der Waals surface area (Å²) in [6.45, 7) is 0. The van der Waals surface area contributed by atoms with Crippen molar-refractivity contribution in [3.05, 3.63) is 28.7 Å². The number of ether oxygens (including phenoxy) is 1. The molecule has 0 unspecified atom stereocenters. The van der Waals surface area contributed by atoms with Crippen LogP contribution in [0.4, 0.5) is 5.69 Å². The van der Waals surface area contributed by atoms with Gasteiger partial charge in [0.15, 0.2) is 0 Å². The van der Waals surface area contributed by atoms with Gasteiger partial charge in [0.25, 0.3) is 5.56 Å². The Morgan fingerprint density at radius 3 is 2.69 bits per heavy atom. The normalized spacial score (nSPS) is 25.6. The van der Waals surface area contributed by atoms with Gasteiger partial charge >= 0.3 is 0 Å². The highest BCUT2D eigenvalue weighted by Gasteiger charge is 2.22. The van der Waals surface area contributed by atoms with Gasteiger partial charge in [0.05, 0.1) is 11.8 Å². The van der Waals surface area contributed by atoms with Crippen LogP contribution in [0.2, 0.25) is 0 Å². The molecule has 0 amide bonds. The molecule has 1 fully saturated rings. The minimum atomic E-state index is -0.0663. The third kappa shape index (κ3) is 2.11. The smallest absolute Gasteiger partial charge is 0.273 e. The van der Waals surface area contributed by atoms with E-state index in [1.165, 1.54) is 0 Å². The van der Waals surface area contributed by atoms with E-state index < -0.39 is 0 Å². The molecule has 1 saturated carbocycles. The molecule has 16 heavy (non-hydrogen) atoms. The van der Waals surface area contributed by atoms with Gasteiger partial charge in [-0.15, -0.1) is 0 Å². The molecule has 0 atom stereocenters. The van der Waals surface area contributed by atoms with Crippen molar-refractivity contribution in [2.75, 3.05) is 12.8 Å². The third-order valence-electron chi connectivity index (χ3n) is 3.37. The number of pyridine rings is 1. The molecule has 4 heteroatoms. The zero-order valence-corrected chi connectivity index (χ0v) is 9.56. The molecule has 1 aromatic heterocycles. The van der Waals surface area contributed by atoms with Gasteiger partial charge in [-0.1, -0.05) is 0 Å². The lowest BCUT2D eigenvalue weighted by Crippen LogP contribution is -2.30. The van der Waals surface area contributed by atoms with Crippen molar-refractivity contribution in [3.8, 4) is 0 Å². The number of rotatable bonds is 2. The number of hydrogen-bond donors (Lipinski definition) is 1. The predicted molar refractivity (Wildman–Crippen MR) is 63.4 cm³/mol. The van der Waals surface area contributed by atoms with Crippen LogP contribution in [-0.4, -0.2) is 17.8 Å². The molecular weight excluding hydrogens is 204 g/mol. The SMILES string of the molecule is CO[C@H]1CC[C@H](n2cccc(N)c2=O)CC1. The molecule has 2 rings (SSSR count). The maximum Gasteiger partial charge on any atom is 0.273 e. The molecule has 4 nitrogen and oxygen atoms in total. The Balaban J connectivity index is 2.14. The van der Waals surface area contributed by atoms with E-state index in [-0.39, 0.29) is 11.6 Å². The highest BCUT2D eigenvalue weighted by atomic mass is 16.5. The van der Waals surface area contributed by atoms with Crippen molar-refractivity contribution in [3.63, 3.8) is 0 Å².